The fraction of sp³-hybridized carbons (Fsp3) is 0.417. The first-order valence-electron chi connectivity index (χ1n) is 5.36. The number of aliphatic hydroxyl groups is 1. The maximum absolute atomic E-state index is 9.34. The van der Waals surface area contributed by atoms with Crippen LogP contribution in [0.25, 0.3) is 0 Å². The molecule has 1 aromatic rings. The van der Waals surface area contributed by atoms with Crippen molar-refractivity contribution in [2.24, 2.45) is 0 Å². The highest BCUT2D eigenvalue weighted by molar-refractivity contribution is 9.10. The molecule has 0 bridgehead atoms. The lowest BCUT2D eigenvalue weighted by Gasteiger charge is -2.28. The standard InChI is InChI=1S/C12H15BrN2O/c1-9-3-2-4-15(7-9)12-10(8-16)5-11(13)6-14-12/h3,5-6,16H,2,4,7-8H2,1H3. The van der Waals surface area contributed by atoms with Crippen molar-refractivity contribution in [3.63, 3.8) is 0 Å². The van der Waals surface area contributed by atoms with Crippen LogP contribution in [-0.2, 0) is 6.61 Å². The van der Waals surface area contributed by atoms with Gasteiger partial charge in [-0.25, -0.2) is 4.98 Å². The van der Waals surface area contributed by atoms with E-state index < -0.39 is 0 Å². The summed E-state index contributed by atoms with van der Waals surface area (Å²) in [7, 11) is 0. The first-order valence-corrected chi connectivity index (χ1v) is 6.16. The third-order valence-electron chi connectivity index (χ3n) is 2.71. The van der Waals surface area contributed by atoms with Crippen molar-refractivity contribution in [2.75, 3.05) is 18.0 Å². The van der Waals surface area contributed by atoms with Gasteiger partial charge in [0.05, 0.1) is 6.61 Å². The average molecular weight is 283 g/mol. The molecule has 4 heteroatoms. The zero-order valence-electron chi connectivity index (χ0n) is 9.28. The Kier molecular flexibility index (Phi) is 3.61. The van der Waals surface area contributed by atoms with E-state index in [1.807, 2.05) is 6.07 Å². The minimum atomic E-state index is 0.0288. The number of hydrogen-bond acceptors (Lipinski definition) is 3. The maximum atomic E-state index is 9.34. The van der Waals surface area contributed by atoms with Crippen LogP contribution in [0.3, 0.4) is 0 Å². The second-order valence-electron chi connectivity index (χ2n) is 4.06. The summed E-state index contributed by atoms with van der Waals surface area (Å²) in [6.07, 6.45) is 5.09. The van der Waals surface area contributed by atoms with Gasteiger partial charge in [0.25, 0.3) is 0 Å². The van der Waals surface area contributed by atoms with E-state index in [4.69, 9.17) is 0 Å². The number of hydrogen-bond donors (Lipinski definition) is 1. The molecule has 86 valence electrons. The molecule has 0 atom stereocenters. The van der Waals surface area contributed by atoms with E-state index in [0.29, 0.717) is 0 Å². The second kappa shape index (κ2) is 4.97. The van der Waals surface area contributed by atoms with Gasteiger partial charge in [-0.3, -0.25) is 0 Å². The predicted octanol–water partition coefficient (Wildman–Crippen LogP) is 2.49. The van der Waals surface area contributed by atoms with Gasteiger partial charge in [0.15, 0.2) is 0 Å². The van der Waals surface area contributed by atoms with Crippen LogP contribution < -0.4 is 4.90 Å². The van der Waals surface area contributed by atoms with E-state index in [1.54, 1.807) is 6.20 Å². The van der Waals surface area contributed by atoms with E-state index >= 15 is 0 Å². The minimum absolute atomic E-state index is 0.0288. The molecule has 16 heavy (non-hydrogen) atoms. The molecule has 0 amide bonds. The van der Waals surface area contributed by atoms with Gasteiger partial charge in [0.1, 0.15) is 5.82 Å². The fourth-order valence-corrected chi connectivity index (χ4v) is 2.35. The number of nitrogens with zero attached hydrogens (tertiary/aromatic N) is 2. The largest absolute Gasteiger partial charge is 0.392 e. The monoisotopic (exact) mass is 282 g/mol. The van der Waals surface area contributed by atoms with Crippen LogP contribution in [0.2, 0.25) is 0 Å². The summed E-state index contributed by atoms with van der Waals surface area (Å²) in [5.41, 5.74) is 2.24. The molecule has 2 heterocycles. The molecule has 0 aliphatic carbocycles. The molecule has 0 saturated heterocycles. The van der Waals surface area contributed by atoms with E-state index in [1.165, 1.54) is 5.57 Å². The van der Waals surface area contributed by atoms with E-state index in [-0.39, 0.29) is 6.61 Å². The smallest absolute Gasteiger partial charge is 0.134 e. The first-order chi connectivity index (χ1) is 7.70. The molecule has 0 fully saturated rings. The van der Waals surface area contributed by atoms with Gasteiger partial charge in [-0.05, 0) is 35.3 Å². The highest BCUT2D eigenvalue weighted by atomic mass is 79.9. The van der Waals surface area contributed by atoms with Crippen molar-refractivity contribution >= 4 is 21.7 Å². The van der Waals surface area contributed by atoms with Crippen LogP contribution in [0.15, 0.2) is 28.4 Å². The molecule has 3 nitrogen and oxygen atoms in total. The highest BCUT2D eigenvalue weighted by Gasteiger charge is 2.15. The number of rotatable bonds is 2. The highest BCUT2D eigenvalue weighted by Crippen LogP contribution is 2.24. The topological polar surface area (TPSA) is 36.4 Å². The average Bonchev–Trinajstić information content (AvgIpc) is 2.28. The molecule has 1 aromatic heterocycles. The summed E-state index contributed by atoms with van der Waals surface area (Å²) >= 11 is 3.37. The van der Waals surface area contributed by atoms with E-state index in [0.717, 1.165) is 35.4 Å². The Labute approximate surface area is 104 Å². The van der Waals surface area contributed by atoms with Crippen LogP contribution in [0.4, 0.5) is 5.82 Å². The van der Waals surface area contributed by atoms with Gasteiger partial charge < -0.3 is 10.0 Å². The van der Waals surface area contributed by atoms with Gasteiger partial charge in [-0.15, -0.1) is 0 Å². The lowest BCUT2D eigenvalue weighted by molar-refractivity contribution is 0.281. The predicted molar refractivity (Wildman–Crippen MR) is 68.4 cm³/mol. The van der Waals surface area contributed by atoms with Crippen molar-refractivity contribution in [1.82, 2.24) is 4.98 Å². The molecule has 1 aliphatic rings. The first kappa shape index (κ1) is 11.6. The number of halogens is 1. The normalized spacial score (nSPS) is 16.2. The van der Waals surface area contributed by atoms with Gasteiger partial charge in [-0.1, -0.05) is 11.6 Å². The second-order valence-corrected chi connectivity index (χ2v) is 4.97. The lowest BCUT2D eigenvalue weighted by atomic mass is 10.1. The minimum Gasteiger partial charge on any atom is -0.392 e. The van der Waals surface area contributed by atoms with Crippen LogP contribution >= 0.6 is 15.9 Å². The van der Waals surface area contributed by atoms with Gasteiger partial charge >= 0.3 is 0 Å². The van der Waals surface area contributed by atoms with Gasteiger partial charge in [-0.2, -0.15) is 0 Å². The van der Waals surface area contributed by atoms with Crippen molar-refractivity contribution in [2.45, 2.75) is 20.0 Å². The third-order valence-corrected chi connectivity index (χ3v) is 3.15. The van der Waals surface area contributed by atoms with Crippen LogP contribution in [0, 0.1) is 0 Å². The summed E-state index contributed by atoms with van der Waals surface area (Å²) in [4.78, 5) is 6.61. The molecule has 1 aliphatic heterocycles. The van der Waals surface area contributed by atoms with Crippen LogP contribution in [-0.4, -0.2) is 23.2 Å². The van der Waals surface area contributed by atoms with Gasteiger partial charge in [0, 0.05) is 29.3 Å². The maximum Gasteiger partial charge on any atom is 0.134 e. The van der Waals surface area contributed by atoms with Crippen molar-refractivity contribution in [3.05, 3.63) is 33.9 Å². The van der Waals surface area contributed by atoms with Crippen molar-refractivity contribution < 1.29 is 5.11 Å². The van der Waals surface area contributed by atoms with Crippen LogP contribution in [0.5, 0.6) is 0 Å². The summed E-state index contributed by atoms with van der Waals surface area (Å²) in [5.74, 6) is 0.901. The Morgan fingerprint density at radius 3 is 3.06 bits per heavy atom. The molecule has 2 rings (SSSR count). The van der Waals surface area contributed by atoms with E-state index in [9.17, 15) is 5.11 Å². The SMILES string of the molecule is CC1=CCCN(c2ncc(Br)cc2CO)C1. The third kappa shape index (κ3) is 2.44. The molecule has 0 radical (unpaired) electrons. The van der Waals surface area contributed by atoms with E-state index in [2.05, 4.69) is 38.8 Å². The summed E-state index contributed by atoms with van der Waals surface area (Å²) in [6, 6.07) is 1.93. The summed E-state index contributed by atoms with van der Waals surface area (Å²) in [5, 5.41) is 9.34. The summed E-state index contributed by atoms with van der Waals surface area (Å²) < 4.78 is 0.907. The molecule has 0 unspecified atom stereocenters. The molecule has 0 spiro atoms. The van der Waals surface area contributed by atoms with Gasteiger partial charge in [0.2, 0.25) is 0 Å². The Balaban J connectivity index is 2.29. The van der Waals surface area contributed by atoms with Crippen LogP contribution in [0.1, 0.15) is 18.9 Å². The quantitative estimate of drug-likeness (QED) is 0.847. The van der Waals surface area contributed by atoms with Crippen molar-refractivity contribution in [3.8, 4) is 0 Å². The molecule has 1 N–H and O–H groups in total. The zero-order chi connectivity index (χ0) is 11.5. The number of pyridine rings is 1. The number of aromatic nitrogens is 1. The Hall–Kier alpha value is -0.870. The Morgan fingerprint density at radius 1 is 1.56 bits per heavy atom. The molecule has 0 saturated carbocycles. The molecular weight excluding hydrogens is 268 g/mol. The molecular formula is C12H15BrN2O. The number of anilines is 1. The fourth-order valence-electron chi connectivity index (χ4n) is 1.97. The lowest BCUT2D eigenvalue weighted by Crippen LogP contribution is -2.30. The molecule has 0 aromatic carbocycles. The van der Waals surface area contributed by atoms with Crippen molar-refractivity contribution in [1.29, 1.82) is 0 Å². The number of aliphatic hydroxyl groups excluding tert-OH is 1. The summed E-state index contributed by atoms with van der Waals surface area (Å²) in [6.45, 7) is 4.03. The Bertz CT molecular complexity index is 417. The zero-order valence-corrected chi connectivity index (χ0v) is 10.9. The Morgan fingerprint density at radius 2 is 2.38 bits per heavy atom.